The van der Waals surface area contributed by atoms with Crippen LogP contribution in [0.2, 0.25) is 0 Å². The van der Waals surface area contributed by atoms with Crippen molar-refractivity contribution in [2.24, 2.45) is 5.92 Å². The summed E-state index contributed by atoms with van der Waals surface area (Å²) in [6.07, 6.45) is 5.48. The molecule has 0 aromatic carbocycles. The van der Waals surface area contributed by atoms with Crippen molar-refractivity contribution in [1.29, 1.82) is 0 Å². The maximum absolute atomic E-state index is 5.39. The highest BCUT2D eigenvalue weighted by molar-refractivity contribution is 4.97. The first-order chi connectivity index (χ1) is 8.92. The molecule has 1 aromatic rings. The molecular formula is C13H21N3O2. The van der Waals surface area contributed by atoms with E-state index in [1.807, 2.05) is 0 Å². The number of hydrogen-bond acceptors (Lipinski definition) is 5. The maximum atomic E-state index is 5.39. The van der Waals surface area contributed by atoms with Gasteiger partial charge in [0.1, 0.15) is 0 Å². The quantitative estimate of drug-likeness (QED) is 0.882. The van der Waals surface area contributed by atoms with E-state index in [4.69, 9.17) is 9.26 Å². The van der Waals surface area contributed by atoms with Gasteiger partial charge in [-0.2, -0.15) is 4.98 Å². The number of nitrogens with zero attached hydrogens (tertiary/aromatic N) is 2. The highest BCUT2D eigenvalue weighted by Crippen LogP contribution is 2.25. The van der Waals surface area contributed by atoms with Gasteiger partial charge in [-0.3, -0.25) is 0 Å². The third-order valence-corrected chi connectivity index (χ3v) is 3.93. The van der Waals surface area contributed by atoms with E-state index in [-0.39, 0.29) is 0 Å². The summed E-state index contributed by atoms with van der Waals surface area (Å²) in [7, 11) is 0. The Bertz CT molecular complexity index is 368. The van der Waals surface area contributed by atoms with Gasteiger partial charge >= 0.3 is 0 Å². The van der Waals surface area contributed by atoms with Gasteiger partial charge in [0.2, 0.25) is 5.89 Å². The van der Waals surface area contributed by atoms with Crippen LogP contribution in [0.3, 0.4) is 0 Å². The summed E-state index contributed by atoms with van der Waals surface area (Å²) in [5.41, 5.74) is 0. The second kappa shape index (κ2) is 5.80. The Kier molecular flexibility index (Phi) is 3.90. The Balaban J connectivity index is 1.58. The third-order valence-electron chi connectivity index (χ3n) is 3.93. The molecule has 0 spiro atoms. The number of ether oxygens (including phenoxy) is 1. The van der Waals surface area contributed by atoms with E-state index in [1.54, 1.807) is 0 Å². The summed E-state index contributed by atoms with van der Waals surface area (Å²) in [5.74, 6) is 2.78. The summed E-state index contributed by atoms with van der Waals surface area (Å²) in [6.45, 7) is 3.87. The average Bonchev–Trinajstić information content (AvgIpc) is 2.89. The van der Waals surface area contributed by atoms with Gasteiger partial charge in [0.25, 0.3) is 0 Å². The monoisotopic (exact) mass is 251 g/mol. The first-order valence-electron chi connectivity index (χ1n) is 7.03. The molecule has 18 heavy (non-hydrogen) atoms. The van der Waals surface area contributed by atoms with Crippen LogP contribution in [-0.4, -0.2) is 36.4 Å². The zero-order valence-corrected chi connectivity index (χ0v) is 10.7. The van der Waals surface area contributed by atoms with Crippen molar-refractivity contribution in [1.82, 2.24) is 15.5 Å². The molecule has 2 saturated heterocycles. The van der Waals surface area contributed by atoms with Crippen LogP contribution in [0.5, 0.6) is 0 Å². The molecule has 0 amide bonds. The van der Waals surface area contributed by atoms with Crippen LogP contribution in [0.25, 0.3) is 0 Å². The van der Waals surface area contributed by atoms with Gasteiger partial charge < -0.3 is 14.6 Å². The van der Waals surface area contributed by atoms with E-state index >= 15 is 0 Å². The van der Waals surface area contributed by atoms with E-state index in [1.165, 1.54) is 12.8 Å². The number of rotatable bonds is 3. The van der Waals surface area contributed by atoms with Gasteiger partial charge in [0, 0.05) is 25.6 Å². The van der Waals surface area contributed by atoms with Gasteiger partial charge in [-0.25, -0.2) is 0 Å². The first kappa shape index (κ1) is 12.1. The smallest absolute Gasteiger partial charge is 0.226 e. The molecule has 2 aliphatic heterocycles. The van der Waals surface area contributed by atoms with Crippen LogP contribution in [-0.2, 0) is 11.2 Å². The molecule has 1 atom stereocenters. The molecule has 1 aromatic heterocycles. The lowest BCUT2D eigenvalue weighted by Gasteiger charge is -2.21. The van der Waals surface area contributed by atoms with E-state index in [2.05, 4.69) is 15.5 Å². The topological polar surface area (TPSA) is 60.2 Å². The molecule has 5 nitrogen and oxygen atoms in total. The van der Waals surface area contributed by atoms with Gasteiger partial charge in [-0.1, -0.05) is 5.16 Å². The zero-order chi connectivity index (χ0) is 12.2. The predicted molar refractivity (Wildman–Crippen MR) is 66.4 cm³/mol. The van der Waals surface area contributed by atoms with Crippen LogP contribution in [0.4, 0.5) is 0 Å². The van der Waals surface area contributed by atoms with Crippen molar-refractivity contribution in [2.45, 2.75) is 38.0 Å². The van der Waals surface area contributed by atoms with Crippen molar-refractivity contribution >= 4 is 0 Å². The molecule has 0 unspecified atom stereocenters. The minimum absolute atomic E-state index is 0.431. The van der Waals surface area contributed by atoms with Gasteiger partial charge in [0.15, 0.2) is 5.82 Å². The standard InChI is InChI=1S/C13H21N3O2/c1-2-10(9-14-5-1)8-12-15-13(16-18-12)11-3-6-17-7-4-11/h10-11,14H,1-9H2/t10-/m0/s1. The summed E-state index contributed by atoms with van der Waals surface area (Å²) in [6, 6.07) is 0. The van der Waals surface area contributed by atoms with Crippen LogP contribution in [0, 0.1) is 5.92 Å². The third kappa shape index (κ3) is 2.90. The first-order valence-corrected chi connectivity index (χ1v) is 7.03. The van der Waals surface area contributed by atoms with Crippen molar-refractivity contribution in [3.63, 3.8) is 0 Å². The van der Waals surface area contributed by atoms with Gasteiger partial charge in [-0.05, 0) is 44.7 Å². The minimum atomic E-state index is 0.431. The molecular weight excluding hydrogens is 230 g/mol. The summed E-state index contributed by atoms with van der Waals surface area (Å²) in [5, 5.41) is 7.56. The lowest BCUT2D eigenvalue weighted by Crippen LogP contribution is -2.30. The second-order valence-corrected chi connectivity index (χ2v) is 5.35. The molecule has 1 N–H and O–H groups in total. The van der Waals surface area contributed by atoms with E-state index in [0.717, 1.165) is 57.3 Å². The fourth-order valence-corrected chi connectivity index (χ4v) is 2.82. The van der Waals surface area contributed by atoms with E-state index in [9.17, 15) is 0 Å². The Morgan fingerprint density at radius 2 is 2.11 bits per heavy atom. The molecule has 3 rings (SSSR count). The number of piperidine rings is 1. The van der Waals surface area contributed by atoms with E-state index in [0.29, 0.717) is 11.8 Å². The molecule has 3 heterocycles. The molecule has 0 saturated carbocycles. The fraction of sp³-hybridized carbons (Fsp3) is 0.846. The Morgan fingerprint density at radius 1 is 1.22 bits per heavy atom. The maximum Gasteiger partial charge on any atom is 0.226 e. The predicted octanol–water partition coefficient (Wildman–Crippen LogP) is 1.51. The molecule has 100 valence electrons. The van der Waals surface area contributed by atoms with Crippen LogP contribution < -0.4 is 5.32 Å². The van der Waals surface area contributed by atoms with Crippen LogP contribution in [0.15, 0.2) is 4.52 Å². The SMILES string of the molecule is C1CNC[C@H](Cc2nc(C3CCOCC3)no2)C1. The summed E-state index contributed by atoms with van der Waals surface area (Å²) >= 11 is 0. The van der Waals surface area contributed by atoms with Crippen LogP contribution in [0.1, 0.15) is 43.3 Å². The summed E-state index contributed by atoms with van der Waals surface area (Å²) < 4.78 is 10.7. The number of aromatic nitrogens is 2. The van der Waals surface area contributed by atoms with Crippen molar-refractivity contribution in [2.75, 3.05) is 26.3 Å². The molecule has 5 heteroatoms. The zero-order valence-electron chi connectivity index (χ0n) is 10.7. The van der Waals surface area contributed by atoms with Crippen LogP contribution >= 0.6 is 0 Å². The van der Waals surface area contributed by atoms with Gasteiger partial charge in [0.05, 0.1) is 0 Å². The minimum Gasteiger partial charge on any atom is -0.381 e. The average molecular weight is 251 g/mol. The van der Waals surface area contributed by atoms with Crippen molar-refractivity contribution < 1.29 is 9.26 Å². The Labute approximate surface area is 107 Å². The molecule has 0 aliphatic carbocycles. The summed E-state index contributed by atoms with van der Waals surface area (Å²) in [4.78, 5) is 4.57. The number of nitrogens with one attached hydrogen (secondary N) is 1. The van der Waals surface area contributed by atoms with Crippen molar-refractivity contribution in [3.05, 3.63) is 11.7 Å². The van der Waals surface area contributed by atoms with Crippen molar-refractivity contribution in [3.8, 4) is 0 Å². The fourth-order valence-electron chi connectivity index (χ4n) is 2.82. The van der Waals surface area contributed by atoms with E-state index < -0.39 is 0 Å². The normalized spacial score (nSPS) is 26.3. The second-order valence-electron chi connectivity index (χ2n) is 5.35. The Morgan fingerprint density at radius 3 is 2.89 bits per heavy atom. The lowest BCUT2D eigenvalue weighted by molar-refractivity contribution is 0.0830. The highest BCUT2D eigenvalue weighted by Gasteiger charge is 2.23. The largest absolute Gasteiger partial charge is 0.381 e. The molecule has 2 fully saturated rings. The Hall–Kier alpha value is -0.940. The number of hydrogen-bond donors (Lipinski definition) is 1. The molecule has 0 bridgehead atoms. The molecule has 0 radical (unpaired) electrons. The lowest BCUT2D eigenvalue weighted by atomic mass is 9.96. The molecule has 2 aliphatic rings. The van der Waals surface area contributed by atoms with Gasteiger partial charge in [-0.15, -0.1) is 0 Å². The highest BCUT2D eigenvalue weighted by atomic mass is 16.5.